The highest BCUT2D eigenvalue weighted by Gasteiger charge is 2.18. The summed E-state index contributed by atoms with van der Waals surface area (Å²) < 4.78 is 11.2. The third kappa shape index (κ3) is 3.97. The predicted molar refractivity (Wildman–Crippen MR) is 111 cm³/mol. The van der Waals surface area contributed by atoms with E-state index in [-0.39, 0.29) is 17.1 Å². The highest BCUT2D eigenvalue weighted by molar-refractivity contribution is 6.08. The maximum atomic E-state index is 12.6. The molecule has 30 heavy (non-hydrogen) atoms. The molecule has 0 fully saturated rings. The van der Waals surface area contributed by atoms with Crippen LogP contribution in [0.15, 0.2) is 71.3 Å². The molecule has 0 radical (unpaired) electrons. The molecule has 0 saturated carbocycles. The number of nitrogens with one attached hydrogen (secondary N) is 1. The van der Waals surface area contributed by atoms with Gasteiger partial charge in [-0.3, -0.25) is 14.9 Å². The third-order valence-corrected chi connectivity index (χ3v) is 4.53. The van der Waals surface area contributed by atoms with Crippen molar-refractivity contribution in [3.05, 3.63) is 93.5 Å². The summed E-state index contributed by atoms with van der Waals surface area (Å²) in [6, 6.07) is 18.7. The molecule has 4 aromatic rings. The van der Waals surface area contributed by atoms with Crippen LogP contribution in [-0.4, -0.2) is 16.0 Å². The van der Waals surface area contributed by atoms with E-state index in [1.54, 1.807) is 18.2 Å². The largest absolute Gasteiger partial charge is 0.488 e. The highest BCUT2D eigenvalue weighted by atomic mass is 16.6. The van der Waals surface area contributed by atoms with Crippen LogP contribution in [0, 0.1) is 17.0 Å². The second-order valence-electron chi connectivity index (χ2n) is 6.70. The van der Waals surface area contributed by atoms with Gasteiger partial charge in [-0.25, -0.2) is 0 Å². The Hall–Kier alpha value is -4.20. The number of fused-ring (bicyclic) bond motifs is 1. The fourth-order valence-electron chi connectivity index (χ4n) is 2.95. The molecule has 0 spiro atoms. The lowest BCUT2D eigenvalue weighted by Crippen LogP contribution is -2.12. The fraction of sp³-hybridized carbons (Fsp3) is 0.0909. The smallest absolute Gasteiger partial charge is 0.270 e. The number of nitro groups is 1. The lowest BCUT2D eigenvalue weighted by Gasteiger charge is -2.09. The van der Waals surface area contributed by atoms with Crippen LogP contribution in [0.5, 0.6) is 5.75 Å². The topological polar surface area (TPSA) is 108 Å². The summed E-state index contributed by atoms with van der Waals surface area (Å²) in [6.07, 6.45) is 0. The summed E-state index contributed by atoms with van der Waals surface area (Å²) in [6.45, 7) is 2.35. The molecule has 0 aliphatic heterocycles. The van der Waals surface area contributed by atoms with Crippen LogP contribution in [0.1, 0.15) is 21.5 Å². The minimum absolute atomic E-state index is 0.137. The van der Waals surface area contributed by atoms with E-state index >= 15 is 0 Å². The summed E-state index contributed by atoms with van der Waals surface area (Å²) in [4.78, 5) is 23.0. The minimum Gasteiger partial charge on any atom is -0.488 e. The number of nitro benzene ring substituents is 1. The number of anilines is 1. The number of ether oxygens (including phenoxy) is 1. The molecule has 8 heteroatoms. The quantitative estimate of drug-likeness (QED) is 0.363. The average molecular weight is 403 g/mol. The van der Waals surface area contributed by atoms with Crippen molar-refractivity contribution in [2.75, 3.05) is 5.32 Å². The number of amides is 1. The number of rotatable bonds is 6. The van der Waals surface area contributed by atoms with Gasteiger partial charge in [0.25, 0.3) is 11.6 Å². The van der Waals surface area contributed by atoms with Gasteiger partial charge in [0.05, 0.1) is 4.92 Å². The van der Waals surface area contributed by atoms with Gasteiger partial charge >= 0.3 is 0 Å². The molecule has 0 aliphatic rings. The van der Waals surface area contributed by atoms with Crippen LogP contribution < -0.4 is 10.1 Å². The molecular formula is C22H17N3O5. The van der Waals surface area contributed by atoms with Gasteiger partial charge in [0.15, 0.2) is 11.4 Å². The van der Waals surface area contributed by atoms with E-state index in [0.717, 1.165) is 11.1 Å². The molecule has 1 amide bonds. The van der Waals surface area contributed by atoms with Gasteiger partial charge in [-0.15, -0.1) is 0 Å². The molecule has 0 saturated heterocycles. The Bertz CT molecular complexity index is 1230. The van der Waals surface area contributed by atoms with Gasteiger partial charge in [0.1, 0.15) is 17.7 Å². The molecular weight excluding hydrogens is 386 g/mol. The highest BCUT2D eigenvalue weighted by Crippen LogP contribution is 2.33. The van der Waals surface area contributed by atoms with Gasteiger partial charge < -0.3 is 14.6 Å². The maximum Gasteiger partial charge on any atom is 0.270 e. The first-order chi connectivity index (χ1) is 14.5. The van der Waals surface area contributed by atoms with Gasteiger partial charge in [-0.1, -0.05) is 47.1 Å². The molecule has 1 heterocycles. The first-order valence-corrected chi connectivity index (χ1v) is 9.14. The third-order valence-electron chi connectivity index (χ3n) is 4.53. The molecule has 3 aromatic carbocycles. The van der Waals surface area contributed by atoms with E-state index in [9.17, 15) is 14.9 Å². The monoisotopic (exact) mass is 403 g/mol. The predicted octanol–water partition coefficient (Wildman–Crippen LogP) is 4.88. The molecule has 8 nitrogen and oxygen atoms in total. The van der Waals surface area contributed by atoms with E-state index in [1.807, 2.05) is 31.2 Å². The zero-order chi connectivity index (χ0) is 21.1. The summed E-state index contributed by atoms with van der Waals surface area (Å²) in [5.74, 6) is 0.145. The van der Waals surface area contributed by atoms with Crippen molar-refractivity contribution < 1.29 is 19.0 Å². The fourth-order valence-corrected chi connectivity index (χ4v) is 2.95. The van der Waals surface area contributed by atoms with Crippen molar-refractivity contribution in [1.82, 2.24) is 5.16 Å². The normalized spacial score (nSPS) is 10.7. The van der Waals surface area contributed by atoms with E-state index in [1.165, 1.54) is 24.3 Å². The van der Waals surface area contributed by atoms with Crippen LogP contribution in [0.25, 0.3) is 11.0 Å². The van der Waals surface area contributed by atoms with Gasteiger partial charge in [-0.05, 0) is 30.7 Å². The molecule has 4 rings (SSSR count). The Morgan fingerprint density at radius 1 is 1.13 bits per heavy atom. The van der Waals surface area contributed by atoms with Crippen LogP contribution in [0.3, 0.4) is 0 Å². The minimum atomic E-state index is -0.556. The second-order valence-corrected chi connectivity index (χ2v) is 6.70. The lowest BCUT2D eigenvalue weighted by molar-refractivity contribution is -0.384. The van der Waals surface area contributed by atoms with Gasteiger partial charge in [0, 0.05) is 17.7 Å². The van der Waals surface area contributed by atoms with E-state index < -0.39 is 10.8 Å². The molecule has 1 aromatic heterocycles. The first kappa shape index (κ1) is 19.1. The summed E-state index contributed by atoms with van der Waals surface area (Å²) in [5, 5.41) is 18.0. The van der Waals surface area contributed by atoms with Crippen LogP contribution in [0.2, 0.25) is 0 Å². The van der Waals surface area contributed by atoms with E-state index in [2.05, 4.69) is 10.5 Å². The zero-order valence-corrected chi connectivity index (χ0v) is 16.0. The number of hydrogen-bond acceptors (Lipinski definition) is 6. The van der Waals surface area contributed by atoms with E-state index in [0.29, 0.717) is 23.3 Å². The van der Waals surface area contributed by atoms with Crippen LogP contribution >= 0.6 is 0 Å². The van der Waals surface area contributed by atoms with Crippen LogP contribution in [-0.2, 0) is 6.61 Å². The van der Waals surface area contributed by atoms with Crippen molar-refractivity contribution in [1.29, 1.82) is 0 Å². The van der Waals surface area contributed by atoms with Gasteiger partial charge in [-0.2, -0.15) is 0 Å². The van der Waals surface area contributed by atoms with Crippen molar-refractivity contribution in [3.63, 3.8) is 0 Å². The molecule has 0 bridgehead atoms. The average Bonchev–Trinajstić information content (AvgIpc) is 3.17. The second kappa shape index (κ2) is 8.04. The standard InChI is InChI=1S/C22H17N3O5/c1-14-8-10-15(11-9-14)13-29-18-6-3-7-19-20(18)21(24-30-19)23-22(26)16-4-2-5-17(12-16)25(27)28/h2-12H,13H2,1H3,(H,23,24,26). The Balaban J connectivity index is 1.59. The van der Waals surface area contributed by atoms with E-state index in [4.69, 9.17) is 9.26 Å². The number of nitrogens with zero attached hydrogens (tertiary/aromatic N) is 2. The zero-order valence-electron chi connectivity index (χ0n) is 16.0. The molecule has 150 valence electrons. The number of hydrogen-bond donors (Lipinski definition) is 1. The number of carbonyl (C=O) groups excluding carboxylic acids is 1. The Morgan fingerprint density at radius 3 is 2.67 bits per heavy atom. The van der Waals surface area contributed by atoms with Crippen molar-refractivity contribution >= 4 is 28.4 Å². The maximum absolute atomic E-state index is 12.6. The Morgan fingerprint density at radius 2 is 1.90 bits per heavy atom. The Kier molecular flexibility index (Phi) is 5.13. The van der Waals surface area contributed by atoms with Crippen molar-refractivity contribution in [3.8, 4) is 5.75 Å². The van der Waals surface area contributed by atoms with Gasteiger partial charge in [0.2, 0.25) is 0 Å². The van der Waals surface area contributed by atoms with Crippen molar-refractivity contribution in [2.24, 2.45) is 0 Å². The lowest BCUT2D eigenvalue weighted by atomic mass is 10.1. The number of benzene rings is 3. The summed E-state index contributed by atoms with van der Waals surface area (Å²) in [5.41, 5.74) is 2.57. The number of non-ortho nitro benzene ring substituents is 1. The molecule has 0 unspecified atom stereocenters. The number of aryl methyl sites for hydroxylation is 1. The SMILES string of the molecule is Cc1ccc(COc2cccc3onc(NC(=O)c4cccc([N+](=O)[O-])c4)c23)cc1. The summed E-state index contributed by atoms with van der Waals surface area (Å²) >= 11 is 0. The number of carbonyl (C=O) groups is 1. The molecule has 0 atom stereocenters. The summed E-state index contributed by atoms with van der Waals surface area (Å²) in [7, 11) is 0. The number of aromatic nitrogens is 1. The first-order valence-electron chi connectivity index (χ1n) is 9.14. The Labute approximate surface area is 171 Å². The van der Waals surface area contributed by atoms with Crippen molar-refractivity contribution in [2.45, 2.75) is 13.5 Å². The molecule has 0 aliphatic carbocycles. The molecule has 1 N–H and O–H groups in total. The van der Waals surface area contributed by atoms with Crippen LogP contribution in [0.4, 0.5) is 11.5 Å².